The fourth-order valence-corrected chi connectivity index (χ4v) is 4.01. The van der Waals surface area contributed by atoms with Crippen LogP contribution in [-0.4, -0.2) is 36.0 Å². The number of ether oxygens (including phenoxy) is 2. The van der Waals surface area contributed by atoms with Crippen molar-refractivity contribution in [2.75, 3.05) is 23.8 Å². The monoisotopic (exact) mass is 537 g/mol. The highest BCUT2D eigenvalue weighted by Gasteiger charge is 2.18. The van der Waals surface area contributed by atoms with Crippen molar-refractivity contribution in [3.63, 3.8) is 0 Å². The molecule has 0 aliphatic rings. The van der Waals surface area contributed by atoms with Crippen LogP contribution in [-0.2, 0) is 9.71 Å². The second-order valence-corrected chi connectivity index (χ2v) is 9.65. The summed E-state index contributed by atoms with van der Waals surface area (Å²) in [5, 5.41) is 3.62. The van der Waals surface area contributed by atoms with Gasteiger partial charge in [0.1, 0.15) is 29.4 Å². The Bertz CT molecular complexity index is 1440. The second kappa shape index (κ2) is 11.2. The van der Waals surface area contributed by atoms with Crippen LogP contribution in [0.5, 0.6) is 11.5 Å². The van der Waals surface area contributed by atoms with Crippen molar-refractivity contribution in [3.05, 3.63) is 90.2 Å². The Labute approximate surface area is 211 Å². The summed E-state index contributed by atoms with van der Waals surface area (Å²) in [7, 11) is -0.0976. The molecule has 0 fully saturated rings. The summed E-state index contributed by atoms with van der Waals surface area (Å²) < 4.78 is 84.0. The molecule has 0 amide bonds. The van der Waals surface area contributed by atoms with E-state index >= 15 is 4.39 Å². The van der Waals surface area contributed by atoms with E-state index in [1.165, 1.54) is 42.6 Å². The van der Waals surface area contributed by atoms with Crippen molar-refractivity contribution in [1.82, 2.24) is 5.16 Å². The predicted molar refractivity (Wildman–Crippen MR) is 136 cm³/mol. The minimum Gasteiger partial charge on any atom is -0.495 e. The molecule has 1 aromatic heterocycles. The third kappa shape index (κ3) is 6.73. The van der Waals surface area contributed by atoms with Gasteiger partial charge in [-0.25, -0.2) is 13.0 Å². The fraction of sp³-hybridized carbons (Fsp3) is 0.120. The van der Waals surface area contributed by atoms with Gasteiger partial charge in [-0.15, -0.1) is 0 Å². The standard InChI is InChI=1S/C25H23F4N3O4S/c1-15(6-7-16(2)37(5,33)31-24-8-9-35-30-24)32(3)22-14-21(27)20(13-23(22)34-4)17-10-18(26)12-19(11-17)36-25(28)29/h6-14,25H,1-2,5H2,3-4H3,(H,30,31,33). The zero-order valence-electron chi connectivity index (χ0n) is 19.8. The molecule has 196 valence electrons. The Hall–Kier alpha value is -4.19. The number of likely N-dealkylation sites (N-methyl/N-ethyl adjacent to an activating group) is 1. The molecule has 0 radical (unpaired) electrons. The largest absolute Gasteiger partial charge is 0.495 e. The summed E-state index contributed by atoms with van der Waals surface area (Å²) in [6.45, 7) is 4.51. The number of nitrogens with one attached hydrogen (secondary N) is 1. The predicted octanol–water partition coefficient (Wildman–Crippen LogP) is 5.99. The molecule has 0 bridgehead atoms. The van der Waals surface area contributed by atoms with Crippen LogP contribution in [0.15, 0.2) is 83.1 Å². The van der Waals surface area contributed by atoms with Crippen LogP contribution in [0.1, 0.15) is 0 Å². The molecule has 0 spiro atoms. The van der Waals surface area contributed by atoms with Gasteiger partial charge in [0.25, 0.3) is 0 Å². The first kappa shape index (κ1) is 27.4. The molecule has 12 heteroatoms. The van der Waals surface area contributed by atoms with Crippen LogP contribution in [0.3, 0.4) is 0 Å². The van der Waals surface area contributed by atoms with Crippen LogP contribution < -0.4 is 19.1 Å². The van der Waals surface area contributed by atoms with E-state index in [1.807, 2.05) is 0 Å². The smallest absolute Gasteiger partial charge is 0.387 e. The normalized spacial score (nSPS) is 12.8. The highest BCUT2D eigenvalue weighted by molar-refractivity contribution is 8.05. The first-order valence-electron chi connectivity index (χ1n) is 10.4. The zero-order valence-corrected chi connectivity index (χ0v) is 20.7. The molecular weight excluding hydrogens is 514 g/mol. The quantitative estimate of drug-likeness (QED) is 0.184. The Kier molecular flexibility index (Phi) is 8.33. The highest BCUT2D eigenvalue weighted by Crippen LogP contribution is 2.38. The molecule has 0 aliphatic carbocycles. The molecule has 7 nitrogen and oxygen atoms in total. The number of benzene rings is 2. The fourth-order valence-electron chi connectivity index (χ4n) is 3.14. The van der Waals surface area contributed by atoms with E-state index in [9.17, 15) is 17.4 Å². The van der Waals surface area contributed by atoms with Gasteiger partial charge in [-0.2, -0.15) is 8.78 Å². The number of hydrogen-bond acceptors (Lipinski definition) is 6. The topological polar surface area (TPSA) is 76.8 Å². The van der Waals surface area contributed by atoms with E-state index in [1.54, 1.807) is 7.05 Å². The van der Waals surface area contributed by atoms with Crippen LogP contribution in [0.25, 0.3) is 11.1 Å². The minimum atomic E-state index is -3.17. The molecule has 1 N–H and O–H groups in total. The van der Waals surface area contributed by atoms with Gasteiger partial charge >= 0.3 is 6.61 Å². The average molecular weight is 538 g/mol. The lowest BCUT2D eigenvalue weighted by Gasteiger charge is -2.23. The van der Waals surface area contributed by atoms with Crippen LogP contribution in [0, 0.1) is 11.6 Å². The first-order valence-corrected chi connectivity index (χ1v) is 12.1. The molecule has 2 aromatic carbocycles. The first-order chi connectivity index (χ1) is 17.4. The van der Waals surface area contributed by atoms with E-state index in [2.05, 4.69) is 38.2 Å². The summed E-state index contributed by atoms with van der Waals surface area (Å²) in [6, 6.07) is 6.72. The maximum absolute atomic E-state index is 15.1. The SMILES string of the molecule is C=C(C=CC(=C)S(=C)(=O)Nc1ccon1)N(C)c1cc(F)c(-c2cc(F)cc(OC(F)F)c2)cc1OC. The maximum Gasteiger partial charge on any atom is 0.387 e. The number of alkyl halides is 2. The molecule has 0 aliphatic heterocycles. The zero-order chi connectivity index (χ0) is 27.3. The van der Waals surface area contributed by atoms with Gasteiger partial charge in [-0.05, 0) is 41.8 Å². The lowest BCUT2D eigenvalue weighted by molar-refractivity contribution is -0.0499. The number of allylic oxidation sites excluding steroid dienone is 2. The molecule has 1 unspecified atom stereocenters. The van der Waals surface area contributed by atoms with Crippen LogP contribution in [0.4, 0.5) is 29.1 Å². The van der Waals surface area contributed by atoms with Gasteiger partial charge in [0.15, 0.2) is 5.82 Å². The number of hydrogen-bond donors (Lipinski definition) is 1. The number of aromatic nitrogens is 1. The van der Waals surface area contributed by atoms with E-state index in [-0.39, 0.29) is 33.3 Å². The Balaban J connectivity index is 1.85. The van der Waals surface area contributed by atoms with Crippen molar-refractivity contribution in [2.45, 2.75) is 6.61 Å². The van der Waals surface area contributed by atoms with Gasteiger partial charge in [0, 0.05) is 41.4 Å². The average Bonchev–Trinajstić information content (AvgIpc) is 3.33. The van der Waals surface area contributed by atoms with Crippen molar-refractivity contribution in [3.8, 4) is 22.6 Å². The highest BCUT2D eigenvalue weighted by atomic mass is 32.2. The lowest BCUT2D eigenvalue weighted by Crippen LogP contribution is -2.16. The molecule has 1 heterocycles. The third-order valence-corrected chi connectivity index (χ3v) is 6.58. The lowest BCUT2D eigenvalue weighted by atomic mass is 10.0. The van der Waals surface area contributed by atoms with Gasteiger partial charge in [-0.1, -0.05) is 18.3 Å². The maximum atomic E-state index is 15.1. The summed E-state index contributed by atoms with van der Waals surface area (Å²) in [6.07, 6.45) is 4.22. The third-order valence-electron chi connectivity index (χ3n) is 5.06. The summed E-state index contributed by atoms with van der Waals surface area (Å²) in [4.78, 5) is 1.62. The number of halogens is 4. The number of anilines is 2. The number of methoxy groups -OCH3 is 1. The van der Waals surface area contributed by atoms with Gasteiger partial charge < -0.3 is 18.9 Å². The van der Waals surface area contributed by atoms with Crippen molar-refractivity contribution < 1.29 is 35.8 Å². The van der Waals surface area contributed by atoms with E-state index in [4.69, 9.17) is 4.74 Å². The molecule has 0 saturated heterocycles. The van der Waals surface area contributed by atoms with Crippen molar-refractivity contribution in [1.29, 1.82) is 0 Å². The summed E-state index contributed by atoms with van der Waals surface area (Å²) >= 11 is 0. The number of rotatable bonds is 11. The summed E-state index contributed by atoms with van der Waals surface area (Å²) in [5.74, 6) is 1.91. The van der Waals surface area contributed by atoms with Crippen molar-refractivity contribution in [2.24, 2.45) is 0 Å². The number of nitrogens with zero attached hydrogens (tertiary/aromatic N) is 2. The molecular formula is C25H23F4N3O4S. The van der Waals surface area contributed by atoms with Crippen LogP contribution >= 0.6 is 0 Å². The Morgan fingerprint density at radius 2 is 1.92 bits per heavy atom. The summed E-state index contributed by atoms with van der Waals surface area (Å²) in [5.41, 5.74) is 0.459. The molecule has 1 atom stereocenters. The second-order valence-electron chi connectivity index (χ2n) is 7.57. The van der Waals surface area contributed by atoms with Gasteiger partial charge in [-0.3, -0.25) is 4.72 Å². The molecule has 37 heavy (non-hydrogen) atoms. The van der Waals surface area contributed by atoms with E-state index < -0.39 is 33.7 Å². The molecule has 3 rings (SSSR count). The van der Waals surface area contributed by atoms with Gasteiger partial charge in [0.05, 0.1) is 22.5 Å². The minimum absolute atomic E-state index is 0.0273. The molecule has 3 aromatic rings. The Morgan fingerprint density at radius 3 is 2.54 bits per heavy atom. The van der Waals surface area contributed by atoms with Crippen molar-refractivity contribution >= 4 is 27.1 Å². The van der Waals surface area contributed by atoms with E-state index in [0.717, 1.165) is 24.3 Å². The van der Waals surface area contributed by atoms with Crippen LogP contribution in [0.2, 0.25) is 0 Å². The molecule has 0 saturated carbocycles. The van der Waals surface area contributed by atoms with E-state index in [0.29, 0.717) is 5.70 Å². The van der Waals surface area contributed by atoms with Gasteiger partial charge in [0.2, 0.25) is 0 Å². The Morgan fingerprint density at radius 1 is 1.19 bits per heavy atom.